The summed E-state index contributed by atoms with van der Waals surface area (Å²) in [5, 5.41) is 7.64. The van der Waals surface area contributed by atoms with Crippen LogP contribution in [0.3, 0.4) is 0 Å². The number of sulfone groups is 3. The first-order valence-corrected chi connectivity index (χ1v) is 10.3. The van der Waals surface area contributed by atoms with Gasteiger partial charge in [-0.3, -0.25) is 0 Å². The molecule has 1 aromatic rings. The first-order chi connectivity index (χ1) is 8.67. The molecule has 9 nitrogen and oxygen atoms in total. The average Bonchev–Trinajstić information content (AvgIpc) is 2.54. The highest BCUT2D eigenvalue weighted by Gasteiger charge is 2.39. The molecular weight excluding hydrogens is 336 g/mol. The van der Waals surface area contributed by atoms with E-state index in [-0.39, 0.29) is 0 Å². The molecule has 0 atom stereocenters. The van der Waals surface area contributed by atoms with Crippen LogP contribution in [0.5, 0.6) is 0 Å². The lowest BCUT2D eigenvalue weighted by Crippen LogP contribution is -2.11. The van der Waals surface area contributed by atoms with E-state index in [1.54, 1.807) is 0 Å². The lowest BCUT2D eigenvalue weighted by molar-refractivity contribution is 0.0650. The van der Waals surface area contributed by atoms with E-state index in [0.29, 0.717) is 18.8 Å². The summed E-state index contributed by atoms with van der Waals surface area (Å²) in [7, 11) is -13.0. The van der Waals surface area contributed by atoms with Crippen molar-refractivity contribution in [1.29, 1.82) is 0 Å². The van der Waals surface area contributed by atoms with Crippen LogP contribution in [0, 0.1) is 0 Å². The molecular formula is C8H10O9S3. The van der Waals surface area contributed by atoms with E-state index in [9.17, 15) is 30.0 Å². The minimum atomic E-state index is -4.36. The fraction of sp³-hybridized carbons (Fsp3) is 0.375. The molecule has 1 aromatic heterocycles. The van der Waals surface area contributed by atoms with Crippen molar-refractivity contribution in [2.24, 2.45) is 0 Å². The maximum atomic E-state index is 11.6. The normalized spacial score (nSPS) is 13.3. The second-order valence-corrected chi connectivity index (χ2v) is 9.82. The molecule has 0 fully saturated rings. The van der Waals surface area contributed by atoms with Crippen LogP contribution in [-0.2, 0) is 29.5 Å². The summed E-state index contributed by atoms with van der Waals surface area (Å²) < 4.78 is 73.8. The second kappa shape index (κ2) is 4.56. The number of aromatic carboxylic acids is 1. The second-order valence-electron chi connectivity index (χ2n) is 4.00. The molecule has 1 rings (SSSR count). The van der Waals surface area contributed by atoms with Crippen molar-refractivity contribution in [3.8, 4) is 0 Å². The van der Waals surface area contributed by atoms with E-state index in [4.69, 9.17) is 5.11 Å². The largest absolute Gasteiger partial charge is 0.475 e. The van der Waals surface area contributed by atoms with Gasteiger partial charge in [0.15, 0.2) is 19.7 Å². The molecule has 0 aliphatic carbocycles. The van der Waals surface area contributed by atoms with Gasteiger partial charge in [0.2, 0.25) is 20.7 Å². The molecule has 1 N–H and O–H groups in total. The summed E-state index contributed by atoms with van der Waals surface area (Å²) in [5.74, 6) is -3.15. The van der Waals surface area contributed by atoms with Crippen LogP contribution in [0.2, 0.25) is 0 Å². The van der Waals surface area contributed by atoms with Gasteiger partial charge in [-0.1, -0.05) is 0 Å². The highest BCUT2D eigenvalue weighted by atomic mass is 32.2. The molecule has 0 spiro atoms. The molecule has 0 bridgehead atoms. The molecule has 0 aliphatic heterocycles. The van der Waals surface area contributed by atoms with E-state index < -0.39 is 56.1 Å². The van der Waals surface area contributed by atoms with Crippen LogP contribution in [-0.4, -0.2) is 55.1 Å². The topological polar surface area (TPSA) is 153 Å². The van der Waals surface area contributed by atoms with Crippen molar-refractivity contribution in [1.82, 2.24) is 0 Å². The van der Waals surface area contributed by atoms with Gasteiger partial charge in [0.05, 0.1) is 0 Å². The molecule has 0 amide bonds. The highest BCUT2D eigenvalue weighted by molar-refractivity contribution is 7.95. The van der Waals surface area contributed by atoms with Crippen molar-refractivity contribution >= 4 is 35.5 Å². The summed E-state index contributed by atoms with van der Waals surface area (Å²) >= 11 is 0. The number of carbonyl (C=O) groups is 1. The van der Waals surface area contributed by atoms with Gasteiger partial charge in [0.25, 0.3) is 0 Å². The Bertz CT molecular complexity index is 881. The zero-order valence-corrected chi connectivity index (χ0v) is 12.9. The SMILES string of the molecule is CS(=O)(=O)c1oc(C(=O)O)c(S(C)(=O)=O)c1S(C)(=O)=O. The molecule has 0 aliphatic rings. The predicted octanol–water partition coefficient (Wildman–Crippen LogP) is -0.812. The molecule has 114 valence electrons. The van der Waals surface area contributed by atoms with Crippen LogP contribution in [0.4, 0.5) is 0 Å². The molecule has 0 radical (unpaired) electrons. The van der Waals surface area contributed by atoms with E-state index in [1.807, 2.05) is 0 Å². The van der Waals surface area contributed by atoms with Gasteiger partial charge in [0.1, 0.15) is 9.79 Å². The molecule has 0 unspecified atom stereocenters. The summed E-state index contributed by atoms with van der Waals surface area (Å²) in [6, 6.07) is 0. The minimum absolute atomic E-state index is 0.547. The average molecular weight is 346 g/mol. The lowest BCUT2D eigenvalue weighted by atomic mass is 10.4. The maximum Gasteiger partial charge on any atom is 0.373 e. The first kappa shape index (κ1) is 16.7. The Hall–Kier alpha value is -1.40. The van der Waals surface area contributed by atoms with Crippen LogP contribution >= 0.6 is 0 Å². The van der Waals surface area contributed by atoms with Crippen molar-refractivity contribution in [2.45, 2.75) is 14.9 Å². The van der Waals surface area contributed by atoms with Gasteiger partial charge in [-0.25, -0.2) is 30.0 Å². The molecule has 0 aromatic carbocycles. The fourth-order valence-corrected chi connectivity index (χ4v) is 5.65. The van der Waals surface area contributed by atoms with Crippen molar-refractivity contribution < 1.29 is 39.6 Å². The van der Waals surface area contributed by atoms with Crippen LogP contribution < -0.4 is 0 Å². The van der Waals surface area contributed by atoms with Crippen molar-refractivity contribution in [2.75, 3.05) is 18.8 Å². The third kappa shape index (κ3) is 3.02. The van der Waals surface area contributed by atoms with Crippen molar-refractivity contribution in [3.05, 3.63) is 5.76 Å². The van der Waals surface area contributed by atoms with Gasteiger partial charge in [-0.15, -0.1) is 0 Å². The Morgan fingerprint density at radius 1 is 0.850 bits per heavy atom. The maximum absolute atomic E-state index is 11.6. The van der Waals surface area contributed by atoms with Gasteiger partial charge < -0.3 is 9.52 Å². The number of hydrogen-bond donors (Lipinski definition) is 1. The van der Waals surface area contributed by atoms with Gasteiger partial charge >= 0.3 is 5.97 Å². The predicted molar refractivity (Wildman–Crippen MR) is 65.0 cm³/mol. The zero-order chi connectivity index (χ0) is 16.1. The molecule has 1 heterocycles. The molecule has 12 heteroatoms. The third-order valence-corrected chi connectivity index (χ3v) is 5.55. The Kier molecular flexibility index (Phi) is 3.80. The Labute approximate surface area is 115 Å². The molecule has 0 saturated heterocycles. The number of hydrogen-bond acceptors (Lipinski definition) is 8. The van der Waals surface area contributed by atoms with E-state index >= 15 is 0 Å². The monoisotopic (exact) mass is 346 g/mol. The standard InChI is InChI=1S/C8H10O9S3/c1-18(11,12)5-4(7(9)10)17-8(20(3,15)16)6(5)19(2,13)14/h1-3H3,(H,9,10). The third-order valence-electron chi connectivity index (χ3n) is 2.07. The van der Waals surface area contributed by atoms with E-state index in [2.05, 4.69) is 4.42 Å². The van der Waals surface area contributed by atoms with E-state index in [1.165, 1.54) is 0 Å². The smallest absolute Gasteiger partial charge is 0.373 e. The molecule has 0 saturated carbocycles. The molecule has 20 heavy (non-hydrogen) atoms. The fourth-order valence-electron chi connectivity index (χ4n) is 1.42. The van der Waals surface area contributed by atoms with Crippen LogP contribution in [0.15, 0.2) is 19.3 Å². The summed E-state index contributed by atoms with van der Waals surface area (Å²) in [4.78, 5) is 8.60. The van der Waals surface area contributed by atoms with Crippen LogP contribution in [0.1, 0.15) is 10.6 Å². The summed E-state index contributed by atoms with van der Waals surface area (Å²) in [6.07, 6.45) is 1.66. The first-order valence-electron chi connectivity index (χ1n) is 4.67. The van der Waals surface area contributed by atoms with Gasteiger partial charge in [-0.05, 0) is 0 Å². The number of carboxylic acid groups (broad SMARTS) is 1. The zero-order valence-electron chi connectivity index (χ0n) is 10.4. The van der Waals surface area contributed by atoms with Crippen molar-refractivity contribution in [3.63, 3.8) is 0 Å². The highest BCUT2D eigenvalue weighted by Crippen LogP contribution is 2.34. The van der Waals surface area contributed by atoms with Gasteiger partial charge in [-0.2, -0.15) is 0 Å². The van der Waals surface area contributed by atoms with E-state index in [0.717, 1.165) is 0 Å². The lowest BCUT2D eigenvalue weighted by Gasteiger charge is -2.01. The van der Waals surface area contributed by atoms with Gasteiger partial charge in [0, 0.05) is 18.8 Å². The Balaban J connectivity index is 4.21. The Morgan fingerprint density at radius 3 is 1.50 bits per heavy atom. The minimum Gasteiger partial charge on any atom is -0.475 e. The summed E-state index contributed by atoms with van der Waals surface area (Å²) in [6.45, 7) is 0. The number of carboxylic acids is 1. The Morgan fingerprint density at radius 2 is 1.25 bits per heavy atom. The quantitative estimate of drug-likeness (QED) is 0.737. The summed E-state index contributed by atoms with van der Waals surface area (Å²) in [5.41, 5.74) is 0. The van der Waals surface area contributed by atoms with Crippen LogP contribution in [0.25, 0.3) is 0 Å². The number of rotatable bonds is 4. The number of furan rings is 1.